The van der Waals surface area contributed by atoms with Gasteiger partial charge >= 0.3 is 0 Å². The molecular weight excluding hydrogens is 500 g/mol. The Kier molecular flexibility index (Phi) is 8.57. The molecule has 202 valence electrons. The summed E-state index contributed by atoms with van der Waals surface area (Å²) in [6.45, 7) is 9.09. The van der Waals surface area contributed by atoms with Gasteiger partial charge < -0.3 is 20.9 Å². The molecule has 0 fully saturated rings. The fourth-order valence-corrected chi connectivity index (χ4v) is 3.03. The molecule has 0 aliphatic rings. The van der Waals surface area contributed by atoms with Crippen LogP contribution in [0.2, 0.25) is 0 Å². The van der Waals surface area contributed by atoms with Gasteiger partial charge in [-0.3, -0.25) is 0 Å². The lowest BCUT2D eigenvalue weighted by atomic mass is 9.92. The molecule has 0 amide bonds. The topological polar surface area (TPSA) is 70.5 Å². The minimum Gasteiger partial charge on any atom is -0.487 e. The van der Waals surface area contributed by atoms with Crippen molar-refractivity contribution in [1.82, 2.24) is 0 Å². The number of benzene rings is 2. The van der Waals surface area contributed by atoms with Crippen molar-refractivity contribution in [2.24, 2.45) is 22.3 Å². The lowest BCUT2D eigenvalue weighted by molar-refractivity contribution is 0.178. The molecule has 0 aliphatic carbocycles. The van der Waals surface area contributed by atoms with Crippen molar-refractivity contribution in [3.8, 4) is 11.5 Å². The van der Waals surface area contributed by atoms with Crippen molar-refractivity contribution in [2.75, 3.05) is 13.2 Å². The zero-order valence-electron chi connectivity index (χ0n) is 20.6. The van der Waals surface area contributed by atoms with E-state index in [0.29, 0.717) is 0 Å². The van der Waals surface area contributed by atoms with Crippen LogP contribution in [0, 0.1) is 57.4 Å². The molecule has 0 bridgehead atoms. The van der Waals surface area contributed by atoms with Gasteiger partial charge in [0.2, 0.25) is 23.3 Å². The van der Waals surface area contributed by atoms with Gasteiger partial charge in [-0.25, -0.2) is 17.6 Å². The zero-order valence-corrected chi connectivity index (χ0v) is 20.6. The predicted octanol–water partition coefficient (Wildman–Crippen LogP) is 6.35. The zero-order chi connectivity index (χ0) is 27.9. The van der Waals surface area contributed by atoms with E-state index in [1.807, 2.05) is 0 Å². The predicted molar refractivity (Wildman–Crippen MR) is 116 cm³/mol. The smallest absolute Gasteiger partial charge is 0.204 e. The van der Waals surface area contributed by atoms with Gasteiger partial charge in [0.25, 0.3) is 0 Å². The highest BCUT2D eigenvalue weighted by Gasteiger charge is 2.37. The number of nitrogens with two attached hydrogens (primary N) is 2. The van der Waals surface area contributed by atoms with Crippen LogP contribution in [0.25, 0.3) is 0 Å². The summed E-state index contributed by atoms with van der Waals surface area (Å²) >= 11 is 0. The van der Waals surface area contributed by atoms with E-state index < -0.39 is 92.1 Å². The summed E-state index contributed by atoms with van der Waals surface area (Å²) in [5.41, 5.74) is 6.86. The van der Waals surface area contributed by atoms with Gasteiger partial charge in [0, 0.05) is 11.1 Å². The normalized spacial score (nSPS) is 14.1. The highest BCUT2D eigenvalue weighted by Crippen LogP contribution is 2.40. The van der Waals surface area contributed by atoms with Gasteiger partial charge in [0.1, 0.15) is 0 Å². The number of rotatable bonds is 7. The van der Waals surface area contributed by atoms with Crippen LogP contribution in [0.5, 0.6) is 11.5 Å². The summed E-state index contributed by atoms with van der Waals surface area (Å²) in [4.78, 5) is 0. The number of ether oxygens (including phenoxy) is 2. The van der Waals surface area contributed by atoms with Crippen LogP contribution in [0.1, 0.15) is 64.8 Å². The summed E-state index contributed by atoms with van der Waals surface area (Å²) in [5, 5.41) is 0. The minimum atomic E-state index is -2.38. The fraction of sp³-hybridized carbons (Fsp3) is 0.500. The lowest BCUT2D eigenvalue weighted by Gasteiger charge is -2.25. The van der Waals surface area contributed by atoms with Crippen molar-refractivity contribution in [3.05, 3.63) is 57.7 Å². The second-order valence-electron chi connectivity index (χ2n) is 10.7. The van der Waals surface area contributed by atoms with E-state index in [9.17, 15) is 35.1 Å². The number of halogens is 8. The number of hydrogen-bond donors (Lipinski definition) is 2. The summed E-state index contributed by atoms with van der Waals surface area (Å²) in [6.07, 6.45) is 0. The molecular formula is C24H28F8N2O2. The Morgan fingerprint density at radius 2 is 0.722 bits per heavy atom. The molecule has 2 aromatic carbocycles. The van der Waals surface area contributed by atoms with Crippen LogP contribution in [-0.4, -0.2) is 13.2 Å². The maximum Gasteiger partial charge on any atom is 0.204 e. The molecule has 0 radical (unpaired) electrons. The molecule has 0 aromatic heterocycles. The van der Waals surface area contributed by atoms with E-state index in [2.05, 4.69) is 0 Å². The Morgan fingerprint density at radius 3 is 0.917 bits per heavy atom. The van der Waals surface area contributed by atoms with Gasteiger partial charge in [-0.2, -0.15) is 17.6 Å². The third kappa shape index (κ3) is 6.03. The Bertz CT molecular complexity index is 995. The molecule has 0 spiro atoms. The maximum atomic E-state index is 14.7. The minimum absolute atomic E-state index is 0.330. The molecule has 2 rings (SSSR count). The summed E-state index contributed by atoms with van der Waals surface area (Å²) in [7, 11) is 0. The van der Waals surface area contributed by atoms with Crippen LogP contribution in [0.3, 0.4) is 0 Å². The first-order chi connectivity index (χ1) is 16.3. The molecule has 4 N–H and O–H groups in total. The van der Waals surface area contributed by atoms with E-state index in [4.69, 9.17) is 20.9 Å². The Balaban J connectivity index is 2.56. The van der Waals surface area contributed by atoms with Crippen molar-refractivity contribution in [1.29, 1.82) is 0 Å². The highest BCUT2D eigenvalue weighted by molar-refractivity contribution is 5.40. The lowest BCUT2D eigenvalue weighted by Crippen LogP contribution is -2.31. The third-order valence-electron chi connectivity index (χ3n) is 4.87. The number of hydrogen-bond acceptors (Lipinski definition) is 4. The first kappa shape index (κ1) is 29.6. The average Bonchev–Trinajstić information content (AvgIpc) is 2.75. The van der Waals surface area contributed by atoms with Crippen molar-refractivity contribution >= 4 is 0 Å². The molecule has 0 saturated carbocycles. The van der Waals surface area contributed by atoms with Crippen molar-refractivity contribution in [3.63, 3.8) is 0 Å². The molecule has 12 heteroatoms. The summed E-state index contributed by atoms with van der Waals surface area (Å²) < 4.78 is 127. The quantitative estimate of drug-likeness (QED) is 0.325. The molecule has 0 heterocycles. The third-order valence-corrected chi connectivity index (χ3v) is 4.87. The molecule has 4 nitrogen and oxygen atoms in total. The van der Waals surface area contributed by atoms with Gasteiger partial charge in [0.15, 0.2) is 34.8 Å². The van der Waals surface area contributed by atoms with E-state index >= 15 is 0 Å². The summed E-state index contributed by atoms with van der Waals surface area (Å²) in [6, 6.07) is -4.76. The van der Waals surface area contributed by atoms with Gasteiger partial charge in [-0.05, 0) is 10.8 Å². The standard InChI is InChI=1S/C24H28F8N2O2/c1-23(2,3)7-35-21-15(29)11(25)9(12(26)16(21)30)19(33)20(34)10-13(27)17(31)22(18(32)14(10)28)36-8-24(4,5)6/h19-20H,7-8,33-34H2,1-6H3/t19-,20-/m0/s1. The average molecular weight is 528 g/mol. The fourth-order valence-electron chi connectivity index (χ4n) is 3.03. The van der Waals surface area contributed by atoms with Gasteiger partial charge in [-0.15, -0.1) is 0 Å². The van der Waals surface area contributed by atoms with E-state index in [1.165, 1.54) is 0 Å². The molecule has 36 heavy (non-hydrogen) atoms. The first-order valence-electron chi connectivity index (χ1n) is 10.8. The SMILES string of the molecule is CC(C)(C)COc1c(F)c(F)c([C@H](N)[C@@H](N)c2c(F)c(F)c(OCC(C)(C)C)c(F)c2F)c(F)c1F. The van der Waals surface area contributed by atoms with Gasteiger partial charge in [0.05, 0.1) is 25.3 Å². The van der Waals surface area contributed by atoms with Crippen molar-refractivity contribution < 1.29 is 44.6 Å². The summed E-state index contributed by atoms with van der Waals surface area (Å²) in [5.74, 6) is -18.8. The highest BCUT2D eigenvalue weighted by atomic mass is 19.2. The van der Waals surface area contributed by atoms with Crippen LogP contribution >= 0.6 is 0 Å². The second-order valence-corrected chi connectivity index (χ2v) is 10.7. The molecule has 0 unspecified atom stereocenters. The van der Waals surface area contributed by atoms with E-state index in [-0.39, 0.29) is 13.2 Å². The Hall–Kier alpha value is -2.60. The molecule has 2 atom stereocenters. The molecule has 0 aliphatic heterocycles. The molecule has 2 aromatic rings. The van der Waals surface area contributed by atoms with Crippen LogP contribution in [-0.2, 0) is 0 Å². The van der Waals surface area contributed by atoms with Gasteiger partial charge in [-0.1, -0.05) is 41.5 Å². The Labute approximate surface area is 203 Å². The van der Waals surface area contributed by atoms with Crippen LogP contribution in [0.15, 0.2) is 0 Å². The maximum absolute atomic E-state index is 14.7. The van der Waals surface area contributed by atoms with Crippen molar-refractivity contribution in [2.45, 2.75) is 53.6 Å². The van der Waals surface area contributed by atoms with Crippen LogP contribution < -0.4 is 20.9 Å². The van der Waals surface area contributed by atoms with E-state index in [0.717, 1.165) is 0 Å². The Morgan fingerprint density at radius 1 is 0.500 bits per heavy atom. The largest absolute Gasteiger partial charge is 0.487 e. The van der Waals surface area contributed by atoms with E-state index in [1.54, 1.807) is 41.5 Å². The molecule has 0 saturated heterocycles. The first-order valence-corrected chi connectivity index (χ1v) is 10.8. The second kappa shape index (κ2) is 10.4. The monoisotopic (exact) mass is 528 g/mol. The van der Waals surface area contributed by atoms with Crippen LogP contribution in [0.4, 0.5) is 35.1 Å².